The van der Waals surface area contributed by atoms with Gasteiger partial charge in [-0.15, -0.1) is 11.3 Å². The van der Waals surface area contributed by atoms with E-state index in [0.717, 1.165) is 24.1 Å². The maximum Gasteiger partial charge on any atom is 0.261 e. The van der Waals surface area contributed by atoms with Gasteiger partial charge in [-0.05, 0) is 55.0 Å². The Morgan fingerprint density at radius 1 is 1.19 bits per heavy atom. The van der Waals surface area contributed by atoms with Crippen LogP contribution in [0, 0.1) is 5.92 Å². The molecule has 1 aromatic rings. The number of fused-ring (bicyclic) bond motifs is 1. The first-order valence-electron chi connectivity index (χ1n) is 7.51. The van der Waals surface area contributed by atoms with Gasteiger partial charge in [0.2, 0.25) is 5.91 Å². The highest BCUT2D eigenvalue weighted by molar-refractivity contribution is 7.12. The number of aryl methyl sites for hydroxylation is 1. The SMILES string of the molecule is NC(=O)[C@@H]1CC=CC[C@H]1NC(=O)c1scc2c1CCCC2. The van der Waals surface area contributed by atoms with E-state index in [-0.39, 0.29) is 23.8 Å². The molecule has 2 aliphatic carbocycles. The lowest BCUT2D eigenvalue weighted by Gasteiger charge is -2.27. The lowest BCUT2D eigenvalue weighted by molar-refractivity contribution is -0.122. The summed E-state index contributed by atoms with van der Waals surface area (Å²) in [6, 6.07) is -0.179. The van der Waals surface area contributed by atoms with Gasteiger partial charge in [-0.2, -0.15) is 0 Å². The van der Waals surface area contributed by atoms with Crippen LogP contribution in [-0.4, -0.2) is 17.9 Å². The number of thiophene rings is 1. The molecule has 1 heterocycles. The van der Waals surface area contributed by atoms with Crippen LogP contribution < -0.4 is 11.1 Å². The molecule has 0 spiro atoms. The van der Waals surface area contributed by atoms with Gasteiger partial charge in [0.25, 0.3) is 5.91 Å². The number of hydrogen-bond acceptors (Lipinski definition) is 3. The van der Waals surface area contributed by atoms with Gasteiger partial charge in [0, 0.05) is 6.04 Å². The van der Waals surface area contributed by atoms with Gasteiger partial charge < -0.3 is 11.1 Å². The number of amides is 2. The Balaban J connectivity index is 1.75. The summed E-state index contributed by atoms with van der Waals surface area (Å²) >= 11 is 1.53. The van der Waals surface area contributed by atoms with E-state index in [1.807, 2.05) is 12.2 Å². The van der Waals surface area contributed by atoms with Crippen LogP contribution in [-0.2, 0) is 17.6 Å². The van der Waals surface area contributed by atoms with Crippen LogP contribution in [0.15, 0.2) is 17.5 Å². The lowest BCUT2D eigenvalue weighted by atomic mass is 9.88. The molecule has 0 aromatic carbocycles. The molecule has 1 aromatic heterocycles. The quantitative estimate of drug-likeness (QED) is 0.840. The van der Waals surface area contributed by atoms with Gasteiger partial charge in [0.05, 0.1) is 10.8 Å². The van der Waals surface area contributed by atoms with E-state index in [9.17, 15) is 9.59 Å². The van der Waals surface area contributed by atoms with Crippen molar-refractivity contribution < 1.29 is 9.59 Å². The van der Waals surface area contributed by atoms with Gasteiger partial charge in [0.1, 0.15) is 0 Å². The maximum absolute atomic E-state index is 12.5. The van der Waals surface area contributed by atoms with Crippen molar-refractivity contribution >= 4 is 23.2 Å². The standard InChI is InChI=1S/C16H20N2O2S/c17-15(19)12-7-3-4-8-13(12)18-16(20)14-11-6-2-1-5-10(11)9-21-14/h3-4,9,12-13H,1-2,5-8H2,(H2,17,19)(H,18,20)/t12-,13-/m1/s1. The number of rotatable bonds is 3. The van der Waals surface area contributed by atoms with E-state index < -0.39 is 0 Å². The fourth-order valence-corrected chi connectivity index (χ4v) is 4.29. The van der Waals surface area contributed by atoms with Crippen molar-refractivity contribution in [2.24, 2.45) is 11.7 Å². The number of hydrogen-bond donors (Lipinski definition) is 2. The molecule has 0 radical (unpaired) electrons. The zero-order chi connectivity index (χ0) is 14.8. The molecule has 0 aliphatic heterocycles. The Kier molecular flexibility index (Phi) is 4.10. The molecule has 0 saturated carbocycles. The Morgan fingerprint density at radius 3 is 2.76 bits per heavy atom. The minimum atomic E-state index is -0.335. The van der Waals surface area contributed by atoms with Crippen LogP contribution in [0.3, 0.4) is 0 Å². The molecule has 5 heteroatoms. The second kappa shape index (κ2) is 6.02. The normalized spacial score (nSPS) is 24.4. The highest BCUT2D eigenvalue weighted by atomic mass is 32.1. The average molecular weight is 304 g/mol. The second-order valence-corrected chi connectivity index (χ2v) is 6.69. The Morgan fingerprint density at radius 2 is 1.95 bits per heavy atom. The number of nitrogens with two attached hydrogens (primary N) is 1. The van der Waals surface area contributed by atoms with Crippen molar-refractivity contribution in [2.45, 2.75) is 44.6 Å². The van der Waals surface area contributed by atoms with Crippen LogP contribution in [0.5, 0.6) is 0 Å². The fourth-order valence-electron chi connectivity index (χ4n) is 3.23. The first-order chi connectivity index (χ1) is 10.2. The van der Waals surface area contributed by atoms with Gasteiger partial charge in [0.15, 0.2) is 0 Å². The Labute approximate surface area is 128 Å². The smallest absolute Gasteiger partial charge is 0.261 e. The third-order valence-corrected chi connectivity index (χ3v) is 5.49. The highest BCUT2D eigenvalue weighted by Gasteiger charge is 2.30. The summed E-state index contributed by atoms with van der Waals surface area (Å²) in [4.78, 5) is 24.9. The van der Waals surface area contributed by atoms with Crippen molar-refractivity contribution in [2.75, 3.05) is 0 Å². The summed E-state index contributed by atoms with van der Waals surface area (Å²) in [6.45, 7) is 0. The molecule has 3 rings (SSSR count). The van der Waals surface area contributed by atoms with Crippen LogP contribution in [0.2, 0.25) is 0 Å². The van der Waals surface area contributed by atoms with Crippen molar-refractivity contribution in [3.8, 4) is 0 Å². The van der Waals surface area contributed by atoms with E-state index in [1.165, 1.54) is 28.9 Å². The summed E-state index contributed by atoms with van der Waals surface area (Å²) in [5.41, 5.74) is 7.98. The Bertz CT molecular complexity index is 591. The van der Waals surface area contributed by atoms with Crippen LogP contribution >= 0.6 is 11.3 Å². The van der Waals surface area contributed by atoms with Gasteiger partial charge >= 0.3 is 0 Å². The molecule has 0 fully saturated rings. The van der Waals surface area contributed by atoms with Crippen LogP contribution in [0.4, 0.5) is 0 Å². The van der Waals surface area contributed by atoms with Crippen molar-refractivity contribution in [3.05, 3.63) is 33.5 Å². The maximum atomic E-state index is 12.5. The first kappa shape index (κ1) is 14.3. The summed E-state index contributed by atoms with van der Waals surface area (Å²) in [5.74, 6) is -0.678. The average Bonchev–Trinajstić information content (AvgIpc) is 2.91. The monoisotopic (exact) mass is 304 g/mol. The molecule has 21 heavy (non-hydrogen) atoms. The molecule has 112 valence electrons. The van der Waals surface area contributed by atoms with E-state index in [2.05, 4.69) is 10.7 Å². The molecule has 0 unspecified atom stereocenters. The molecule has 0 saturated heterocycles. The largest absolute Gasteiger partial charge is 0.369 e. The zero-order valence-corrected chi connectivity index (χ0v) is 12.7. The Hall–Kier alpha value is -1.62. The van der Waals surface area contributed by atoms with E-state index in [0.29, 0.717) is 12.8 Å². The number of carbonyl (C=O) groups is 2. The molecule has 2 aliphatic rings. The lowest BCUT2D eigenvalue weighted by Crippen LogP contribution is -2.46. The van der Waals surface area contributed by atoms with Crippen molar-refractivity contribution in [1.29, 1.82) is 0 Å². The van der Waals surface area contributed by atoms with Gasteiger partial charge in [-0.25, -0.2) is 0 Å². The second-order valence-electron chi connectivity index (χ2n) is 5.81. The van der Waals surface area contributed by atoms with Crippen LogP contribution in [0.1, 0.15) is 46.5 Å². The fraction of sp³-hybridized carbons (Fsp3) is 0.500. The zero-order valence-electron chi connectivity index (χ0n) is 11.9. The highest BCUT2D eigenvalue weighted by Crippen LogP contribution is 2.30. The summed E-state index contributed by atoms with van der Waals surface area (Å²) in [6.07, 6.45) is 9.69. The number of allylic oxidation sites excluding steroid dienone is 1. The number of carbonyl (C=O) groups excluding carboxylic acids is 2. The predicted molar refractivity (Wildman–Crippen MR) is 83.3 cm³/mol. The third kappa shape index (κ3) is 2.88. The van der Waals surface area contributed by atoms with E-state index in [1.54, 1.807) is 0 Å². The van der Waals surface area contributed by atoms with Crippen LogP contribution in [0.25, 0.3) is 0 Å². The molecule has 2 amide bonds. The number of primary amides is 1. The summed E-state index contributed by atoms with van der Waals surface area (Å²) < 4.78 is 0. The molecule has 0 bridgehead atoms. The molecule has 3 N–H and O–H groups in total. The number of nitrogens with one attached hydrogen (secondary N) is 1. The topological polar surface area (TPSA) is 72.2 Å². The molecule has 2 atom stereocenters. The minimum absolute atomic E-state index is 0.0466. The van der Waals surface area contributed by atoms with Crippen molar-refractivity contribution in [3.63, 3.8) is 0 Å². The predicted octanol–water partition coefficient (Wildman–Crippen LogP) is 2.18. The molecule has 4 nitrogen and oxygen atoms in total. The summed E-state index contributed by atoms with van der Waals surface area (Å²) in [5, 5.41) is 5.13. The van der Waals surface area contributed by atoms with Crippen molar-refractivity contribution in [1.82, 2.24) is 5.32 Å². The molecular formula is C16H20N2O2S. The van der Waals surface area contributed by atoms with Gasteiger partial charge in [-0.3, -0.25) is 9.59 Å². The van der Waals surface area contributed by atoms with E-state index >= 15 is 0 Å². The minimum Gasteiger partial charge on any atom is -0.369 e. The van der Waals surface area contributed by atoms with E-state index in [4.69, 9.17) is 5.73 Å². The molecular weight excluding hydrogens is 284 g/mol. The summed E-state index contributed by atoms with van der Waals surface area (Å²) in [7, 11) is 0. The third-order valence-electron chi connectivity index (χ3n) is 4.42. The van der Waals surface area contributed by atoms with Gasteiger partial charge in [-0.1, -0.05) is 12.2 Å². The first-order valence-corrected chi connectivity index (χ1v) is 8.39.